The number of carbonyl (C=O) groups is 1. The number of hydrogen-bond donors (Lipinski definition) is 2. The maximum atomic E-state index is 12.8. The number of fused-ring (bicyclic) bond motifs is 1. The van der Waals surface area contributed by atoms with Crippen molar-refractivity contribution in [2.45, 2.75) is 18.9 Å². The van der Waals surface area contributed by atoms with Crippen molar-refractivity contribution in [1.29, 1.82) is 0 Å². The topological polar surface area (TPSA) is 52.6 Å². The van der Waals surface area contributed by atoms with Gasteiger partial charge in [0.1, 0.15) is 5.75 Å². The molecule has 1 amide bonds. The first-order valence-corrected chi connectivity index (χ1v) is 8.93. The number of rotatable bonds is 2. The van der Waals surface area contributed by atoms with Gasteiger partial charge in [-0.05, 0) is 42.0 Å². The molecule has 2 aromatic carbocycles. The van der Waals surface area contributed by atoms with Crippen molar-refractivity contribution in [3.05, 3.63) is 42.0 Å². The Morgan fingerprint density at radius 2 is 1.79 bits per heavy atom. The predicted molar refractivity (Wildman–Crippen MR) is 93.0 cm³/mol. The van der Waals surface area contributed by atoms with Crippen molar-refractivity contribution in [1.82, 2.24) is 10.2 Å². The maximum Gasteiger partial charge on any atom is 0.255 e. The van der Waals surface area contributed by atoms with E-state index in [1.807, 2.05) is 30.3 Å². The summed E-state index contributed by atoms with van der Waals surface area (Å²) in [5.41, 5.74) is 0.391. The standard InChI is InChI=1S/C20H22N2O2/c23-19-16-4-2-1-3-13(16)5-6-17(19)20(24)21-18-14-7-12-8-15(18)11-22(9-12)10-14/h1-6,12,14-15,18,23H,7-11H2,(H,21,24)/t12?,14-,15+,18?. The molecule has 3 saturated heterocycles. The van der Waals surface area contributed by atoms with Gasteiger partial charge in [-0.25, -0.2) is 0 Å². The van der Waals surface area contributed by atoms with Crippen LogP contribution in [0.4, 0.5) is 0 Å². The van der Waals surface area contributed by atoms with Crippen LogP contribution in [0.1, 0.15) is 23.2 Å². The van der Waals surface area contributed by atoms with E-state index in [4.69, 9.17) is 0 Å². The number of carbonyl (C=O) groups excluding carboxylic acids is 1. The molecule has 4 fully saturated rings. The average Bonchev–Trinajstić information content (AvgIpc) is 2.58. The largest absolute Gasteiger partial charge is 0.506 e. The third kappa shape index (κ3) is 2.13. The van der Waals surface area contributed by atoms with Crippen LogP contribution in [0.25, 0.3) is 10.8 Å². The summed E-state index contributed by atoms with van der Waals surface area (Å²) in [5.74, 6) is 1.93. The van der Waals surface area contributed by atoms with E-state index in [1.54, 1.807) is 6.07 Å². The molecule has 2 N–H and O–H groups in total. The van der Waals surface area contributed by atoms with E-state index >= 15 is 0 Å². The molecule has 3 aliphatic heterocycles. The van der Waals surface area contributed by atoms with Crippen LogP contribution < -0.4 is 5.32 Å². The van der Waals surface area contributed by atoms with Gasteiger partial charge in [0.25, 0.3) is 5.91 Å². The average molecular weight is 322 g/mol. The fourth-order valence-corrected chi connectivity index (χ4v) is 5.31. The number of amides is 1. The molecule has 4 heteroatoms. The molecule has 1 saturated carbocycles. The van der Waals surface area contributed by atoms with Crippen LogP contribution in [0, 0.1) is 17.8 Å². The van der Waals surface area contributed by atoms with Crippen LogP contribution >= 0.6 is 0 Å². The highest BCUT2D eigenvalue weighted by molar-refractivity contribution is 6.03. The quantitative estimate of drug-likeness (QED) is 0.894. The van der Waals surface area contributed by atoms with Gasteiger partial charge >= 0.3 is 0 Å². The van der Waals surface area contributed by atoms with Crippen LogP contribution in [0.5, 0.6) is 5.75 Å². The van der Waals surface area contributed by atoms with Crippen LogP contribution in [0.15, 0.2) is 36.4 Å². The van der Waals surface area contributed by atoms with Gasteiger partial charge in [-0.3, -0.25) is 4.79 Å². The number of benzene rings is 2. The molecule has 6 rings (SSSR count). The lowest BCUT2D eigenvalue weighted by Gasteiger charge is -2.55. The molecule has 3 unspecified atom stereocenters. The van der Waals surface area contributed by atoms with Crippen molar-refractivity contribution in [3.8, 4) is 5.75 Å². The van der Waals surface area contributed by atoms with Gasteiger partial charge in [0.2, 0.25) is 0 Å². The normalized spacial score (nSPS) is 33.8. The zero-order valence-electron chi connectivity index (χ0n) is 13.6. The highest BCUT2D eigenvalue weighted by Gasteiger charge is 2.47. The third-order valence-corrected chi connectivity index (χ3v) is 6.23. The summed E-state index contributed by atoms with van der Waals surface area (Å²) in [6, 6.07) is 11.5. The number of nitrogens with zero attached hydrogens (tertiary/aromatic N) is 1. The Labute approximate surface area is 141 Å². The molecule has 5 atom stereocenters. The van der Waals surface area contributed by atoms with Gasteiger partial charge in [0.15, 0.2) is 0 Å². The second-order valence-corrected chi connectivity index (χ2v) is 7.76. The summed E-state index contributed by atoms with van der Waals surface area (Å²) >= 11 is 0. The number of phenolic OH excluding ortho intramolecular Hbond substituents is 1. The lowest BCUT2D eigenvalue weighted by molar-refractivity contribution is -0.0418. The zero-order valence-corrected chi connectivity index (χ0v) is 13.6. The molecule has 2 aromatic rings. The molecule has 4 bridgehead atoms. The van der Waals surface area contributed by atoms with E-state index in [0.29, 0.717) is 17.4 Å². The first-order chi connectivity index (χ1) is 11.7. The third-order valence-electron chi connectivity index (χ3n) is 6.23. The van der Waals surface area contributed by atoms with Crippen LogP contribution in [-0.2, 0) is 0 Å². The number of nitrogens with one attached hydrogen (secondary N) is 1. The molecular formula is C20H22N2O2. The van der Waals surface area contributed by atoms with Gasteiger partial charge in [-0.1, -0.05) is 30.3 Å². The summed E-state index contributed by atoms with van der Waals surface area (Å²) in [6.45, 7) is 3.47. The van der Waals surface area contributed by atoms with E-state index in [1.165, 1.54) is 19.4 Å². The van der Waals surface area contributed by atoms with Crippen LogP contribution in [0.2, 0.25) is 0 Å². The Bertz CT molecular complexity index is 788. The molecule has 124 valence electrons. The lowest BCUT2D eigenvalue weighted by Crippen LogP contribution is -2.64. The fraction of sp³-hybridized carbons (Fsp3) is 0.450. The molecule has 24 heavy (non-hydrogen) atoms. The van der Waals surface area contributed by atoms with Gasteiger partial charge < -0.3 is 15.3 Å². The molecular weight excluding hydrogens is 300 g/mol. The van der Waals surface area contributed by atoms with Gasteiger partial charge in [0.05, 0.1) is 5.56 Å². The Kier molecular flexibility index (Phi) is 3.10. The summed E-state index contributed by atoms with van der Waals surface area (Å²) < 4.78 is 0. The monoisotopic (exact) mass is 322 g/mol. The summed E-state index contributed by atoms with van der Waals surface area (Å²) in [4.78, 5) is 15.4. The number of phenols is 1. The molecule has 0 spiro atoms. The minimum atomic E-state index is -0.134. The molecule has 0 radical (unpaired) electrons. The predicted octanol–water partition coefficient (Wildman–Crippen LogP) is 2.62. The van der Waals surface area contributed by atoms with E-state index < -0.39 is 0 Å². The van der Waals surface area contributed by atoms with Crippen molar-refractivity contribution >= 4 is 16.7 Å². The molecule has 3 heterocycles. The van der Waals surface area contributed by atoms with Gasteiger partial charge in [0, 0.05) is 31.1 Å². The maximum absolute atomic E-state index is 12.8. The Hall–Kier alpha value is -2.07. The summed E-state index contributed by atoms with van der Waals surface area (Å²) in [5, 5.41) is 15.5. The van der Waals surface area contributed by atoms with E-state index in [2.05, 4.69) is 10.2 Å². The summed E-state index contributed by atoms with van der Waals surface area (Å²) in [6.07, 6.45) is 2.48. The van der Waals surface area contributed by atoms with Crippen molar-refractivity contribution in [2.75, 3.05) is 19.6 Å². The molecule has 4 nitrogen and oxygen atoms in total. The van der Waals surface area contributed by atoms with E-state index in [-0.39, 0.29) is 17.7 Å². The van der Waals surface area contributed by atoms with Crippen LogP contribution in [0.3, 0.4) is 0 Å². The lowest BCUT2D eigenvalue weighted by atomic mass is 9.65. The Morgan fingerprint density at radius 3 is 2.54 bits per heavy atom. The van der Waals surface area contributed by atoms with Crippen molar-refractivity contribution in [2.24, 2.45) is 17.8 Å². The number of hydrogen-bond acceptors (Lipinski definition) is 3. The number of piperidine rings is 3. The highest BCUT2D eigenvalue weighted by Crippen LogP contribution is 2.43. The van der Waals surface area contributed by atoms with Crippen molar-refractivity contribution < 1.29 is 9.90 Å². The minimum Gasteiger partial charge on any atom is -0.506 e. The zero-order chi connectivity index (χ0) is 16.3. The SMILES string of the molecule is O=C(NC1[C@@H]2CC3C[C@H]1CN(C3)C2)c1ccc2ccccc2c1O. The Balaban J connectivity index is 1.42. The van der Waals surface area contributed by atoms with E-state index in [0.717, 1.165) is 29.8 Å². The smallest absolute Gasteiger partial charge is 0.255 e. The molecule has 1 aliphatic carbocycles. The van der Waals surface area contributed by atoms with Crippen molar-refractivity contribution in [3.63, 3.8) is 0 Å². The first-order valence-electron chi connectivity index (χ1n) is 8.93. The highest BCUT2D eigenvalue weighted by atomic mass is 16.3. The Morgan fingerprint density at radius 1 is 1.04 bits per heavy atom. The van der Waals surface area contributed by atoms with Gasteiger partial charge in [-0.2, -0.15) is 0 Å². The second-order valence-electron chi connectivity index (χ2n) is 7.76. The van der Waals surface area contributed by atoms with Gasteiger partial charge in [-0.15, -0.1) is 0 Å². The molecule has 4 aliphatic rings. The fourth-order valence-electron chi connectivity index (χ4n) is 5.31. The van der Waals surface area contributed by atoms with E-state index in [9.17, 15) is 9.90 Å². The first kappa shape index (κ1) is 14.3. The summed E-state index contributed by atoms with van der Waals surface area (Å²) in [7, 11) is 0. The number of aromatic hydroxyl groups is 1. The minimum absolute atomic E-state index is 0.0955. The van der Waals surface area contributed by atoms with Crippen LogP contribution in [-0.4, -0.2) is 41.6 Å². The second kappa shape index (κ2) is 5.21. The molecule has 0 aromatic heterocycles.